The predicted octanol–water partition coefficient (Wildman–Crippen LogP) is 2.84. The van der Waals surface area contributed by atoms with Crippen molar-refractivity contribution in [3.63, 3.8) is 0 Å². The largest absolute Gasteiger partial charge is 0.473 e. The number of benzene rings is 1. The summed E-state index contributed by atoms with van der Waals surface area (Å²) in [7, 11) is 0. The molecule has 5 rings (SSSR count). The average Bonchev–Trinajstić information content (AvgIpc) is 3.50. The van der Waals surface area contributed by atoms with Crippen molar-refractivity contribution < 1.29 is 9.53 Å². The van der Waals surface area contributed by atoms with E-state index in [0.29, 0.717) is 30.4 Å². The third-order valence-electron chi connectivity index (χ3n) is 5.62. The van der Waals surface area contributed by atoms with Crippen molar-refractivity contribution in [2.24, 2.45) is 0 Å². The third-order valence-corrected chi connectivity index (χ3v) is 5.62. The molecule has 1 aromatic carbocycles. The van der Waals surface area contributed by atoms with E-state index < -0.39 is 0 Å². The molecule has 1 amide bonds. The molecule has 0 bridgehead atoms. The van der Waals surface area contributed by atoms with Crippen LogP contribution in [0, 0.1) is 6.92 Å². The van der Waals surface area contributed by atoms with E-state index in [1.165, 1.54) is 0 Å². The minimum atomic E-state index is -0.00274. The van der Waals surface area contributed by atoms with Gasteiger partial charge in [-0.1, -0.05) is 18.2 Å². The third kappa shape index (κ3) is 3.96. The summed E-state index contributed by atoms with van der Waals surface area (Å²) >= 11 is 0. The molecule has 9 heteroatoms. The fourth-order valence-electron chi connectivity index (χ4n) is 3.87. The van der Waals surface area contributed by atoms with Crippen LogP contribution in [0.3, 0.4) is 0 Å². The van der Waals surface area contributed by atoms with Crippen molar-refractivity contribution in [3.05, 3.63) is 78.4 Å². The number of rotatable bonds is 5. The van der Waals surface area contributed by atoms with Gasteiger partial charge in [-0.2, -0.15) is 10.2 Å². The topological polar surface area (TPSA) is 91.0 Å². The lowest BCUT2D eigenvalue weighted by Crippen LogP contribution is -2.42. The molecule has 32 heavy (non-hydrogen) atoms. The molecule has 1 saturated heterocycles. The van der Waals surface area contributed by atoms with Crippen molar-refractivity contribution in [1.82, 2.24) is 34.7 Å². The van der Waals surface area contributed by atoms with Crippen LogP contribution < -0.4 is 4.74 Å². The highest BCUT2D eigenvalue weighted by Gasteiger charge is 2.27. The molecule has 0 saturated carbocycles. The SMILES string of the molecule is Cc1c(C(=O)N2CCC(Oc3ccc(-n4cccn4)nn3)CC2)cnn1-c1ccccc1. The summed E-state index contributed by atoms with van der Waals surface area (Å²) in [5, 5.41) is 16.9. The van der Waals surface area contributed by atoms with Crippen LogP contribution in [-0.2, 0) is 0 Å². The summed E-state index contributed by atoms with van der Waals surface area (Å²) in [6, 6.07) is 15.3. The van der Waals surface area contributed by atoms with Crippen LogP contribution >= 0.6 is 0 Å². The molecule has 4 heterocycles. The van der Waals surface area contributed by atoms with E-state index in [1.807, 2.05) is 60.5 Å². The Kier molecular flexibility index (Phi) is 5.37. The normalized spacial score (nSPS) is 14.5. The number of amides is 1. The number of nitrogens with zero attached hydrogens (tertiary/aromatic N) is 7. The van der Waals surface area contributed by atoms with Crippen molar-refractivity contribution in [2.75, 3.05) is 13.1 Å². The number of carbonyl (C=O) groups excluding carboxylic acids is 1. The zero-order valence-corrected chi connectivity index (χ0v) is 17.7. The first kappa shape index (κ1) is 19.9. The minimum absolute atomic E-state index is 0.00274. The number of piperidine rings is 1. The van der Waals surface area contributed by atoms with Crippen molar-refractivity contribution in [1.29, 1.82) is 0 Å². The van der Waals surface area contributed by atoms with Crippen LogP contribution in [0.1, 0.15) is 28.9 Å². The van der Waals surface area contributed by atoms with Crippen LogP contribution in [0.4, 0.5) is 0 Å². The molecular weight excluding hydrogens is 406 g/mol. The van der Waals surface area contributed by atoms with E-state index in [2.05, 4.69) is 20.4 Å². The molecule has 0 spiro atoms. The lowest BCUT2D eigenvalue weighted by atomic mass is 10.1. The van der Waals surface area contributed by atoms with Crippen molar-refractivity contribution >= 4 is 5.91 Å². The highest BCUT2D eigenvalue weighted by Crippen LogP contribution is 2.21. The van der Waals surface area contributed by atoms with Gasteiger partial charge in [0.2, 0.25) is 5.88 Å². The maximum atomic E-state index is 13.1. The summed E-state index contributed by atoms with van der Waals surface area (Å²) < 4.78 is 9.43. The van der Waals surface area contributed by atoms with Gasteiger partial charge in [-0.15, -0.1) is 10.2 Å². The Morgan fingerprint density at radius 3 is 2.50 bits per heavy atom. The summed E-state index contributed by atoms with van der Waals surface area (Å²) in [4.78, 5) is 14.9. The number of hydrogen-bond donors (Lipinski definition) is 0. The summed E-state index contributed by atoms with van der Waals surface area (Å²) in [5.74, 6) is 1.12. The molecule has 1 aliphatic heterocycles. The fourth-order valence-corrected chi connectivity index (χ4v) is 3.87. The standard InChI is InChI=1S/C23H23N7O2/c1-17-20(16-25-30(17)18-6-3-2-4-7-18)23(31)28-14-10-19(11-15-28)32-22-9-8-21(26-27-22)29-13-5-12-24-29/h2-9,12-13,16,19H,10-11,14-15H2,1H3. The van der Waals surface area contributed by atoms with Gasteiger partial charge in [0.25, 0.3) is 5.91 Å². The first-order valence-electron chi connectivity index (χ1n) is 10.6. The number of ether oxygens (including phenoxy) is 1. The molecule has 0 aliphatic carbocycles. The van der Waals surface area contributed by atoms with E-state index in [0.717, 1.165) is 24.2 Å². The monoisotopic (exact) mass is 429 g/mol. The maximum absolute atomic E-state index is 13.1. The molecule has 162 valence electrons. The Hall–Kier alpha value is -4.01. The van der Waals surface area contributed by atoms with E-state index >= 15 is 0 Å². The van der Waals surface area contributed by atoms with Gasteiger partial charge in [-0.3, -0.25) is 4.79 Å². The van der Waals surface area contributed by atoms with Gasteiger partial charge >= 0.3 is 0 Å². The first-order chi connectivity index (χ1) is 15.7. The first-order valence-corrected chi connectivity index (χ1v) is 10.6. The second kappa shape index (κ2) is 8.62. The molecule has 0 atom stereocenters. The van der Waals surface area contributed by atoms with Crippen LogP contribution in [-0.4, -0.2) is 59.8 Å². The van der Waals surface area contributed by atoms with Gasteiger partial charge < -0.3 is 9.64 Å². The van der Waals surface area contributed by atoms with Crippen LogP contribution in [0.25, 0.3) is 11.5 Å². The van der Waals surface area contributed by atoms with Gasteiger partial charge in [0, 0.05) is 44.4 Å². The Morgan fingerprint density at radius 1 is 1.00 bits per heavy atom. The van der Waals surface area contributed by atoms with Crippen LogP contribution in [0.5, 0.6) is 5.88 Å². The molecule has 0 unspecified atom stereocenters. The lowest BCUT2D eigenvalue weighted by Gasteiger charge is -2.31. The van der Waals surface area contributed by atoms with Crippen molar-refractivity contribution in [3.8, 4) is 17.4 Å². The molecular formula is C23H23N7O2. The molecule has 1 fully saturated rings. The number of hydrogen-bond acceptors (Lipinski definition) is 6. The number of carbonyl (C=O) groups is 1. The molecule has 3 aromatic heterocycles. The number of para-hydroxylation sites is 1. The summed E-state index contributed by atoms with van der Waals surface area (Å²) in [6.45, 7) is 3.17. The number of aromatic nitrogens is 6. The molecule has 1 aliphatic rings. The summed E-state index contributed by atoms with van der Waals surface area (Å²) in [6.07, 6.45) is 6.62. The second-order valence-corrected chi connectivity index (χ2v) is 7.68. The highest BCUT2D eigenvalue weighted by molar-refractivity contribution is 5.95. The maximum Gasteiger partial charge on any atom is 0.257 e. The Bertz CT molecular complexity index is 1180. The Labute approximate surface area is 185 Å². The lowest BCUT2D eigenvalue weighted by molar-refractivity contribution is 0.0585. The highest BCUT2D eigenvalue weighted by atomic mass is 16.5. The van der Waals surface area contributed by atoms with Crippen molar-refractivity contribution in [2.45, 2.75) is 25.9 Å². The van der Waals surface area contributed by atoms with Gasteiger partial charge in [0.1, 0.15) is 6.10 Å². The predicted molar refractivity (Wildman–Crippen MR) is 117 cm³/mol. The van der Waals surface area contributed by atoms with E-state index in [-0.39, 0.29) is 12.0 Å². The zero-order chi connectivity index (χ0) is 21.9. The van der Waals surface area contributed by atoms with Crippen LogP contribution in [0.2, 0.25) is 0 Å². The van der Waals surface area contributed by atoms with Gasteiger partial charge in [0.15, 0.2) is 5.82 Å². The Morgan fingerprint density at radius 2 is 1.81 bits per heavy atom. The molecule has 9 nitrogen and oxygen atoms in total. The van der Waals surface area contributed by atoms with Gasteiger partial charge in [0.05, 0.1) is 23.1 Å². The van der Waals surface area contributed by atoms with E-state index in [9.17, 15) is 4.79 Å². The summed E-state index contributed by atoms with van der Waals surface area (Å²) in [5.41, 5.74) is 2.41. The minimum Gasteiger partial charge on any atom is -0.473 e. The van der Waals surface area contributed by atoms with Gasteiger partial charge in [-0.05, 0) is 31.2 Å². The molecule has 0 radical (unpaired) electrons. The second-order valence-electron chi connectivity index (χ2n) is 7.68. The van der Waals surface area contributed by atoms with E-state index in [1.54, 1.807) is 27.8 Å². The van der Waals surface area contributed by atoms with E-state index in [4.69, 9.17) is 4.74 Å². The average molecular weight is 429 g/mol. The molecule has 4 aromatic rings. The number of likely N-dealkylation sites (tertiary alicyclic amines) is 1. The quantitative estimate of drug-likeness (QED) is 0.485. The fraction of sp³-hybridized carbons (Fsp3) is 0.261. The van der Waals surface area contributed by atoms with Crippen LogP contribution in [0.15, 0.2) is 67.1 Å². The zero-order valence-electron chi connectivity index (χ0n) is 17.7. The van der Waals surface area contributed by atoms with Gasteiger partial charge in [-0.25, -0.2) is 9.36 Å². The smallest absolute Gasteiger partial charge is 0.257 e. The Balaban J connectivity index is 1.19. The molecule has 0 N–H and O–H groups in total.